The molecule has 3 aromatic rings. The van der Waals surface area contributed by atoms with Crippen molar-refractivity contribution in [3.05, 3.63) is 47.5 Å². The Kier molecular flexibility index (Phi) is 8.37. The van der Waals surface area contributed by atoms with E-state index in [4.69, 9.17) is 21.1 Å². The number of hydrogen-bond acceptors (Lipinski definition) is 7. The molecule has 0 atom stereocenters. The zero-order valence-corrected chi connectivity index (χ0v) is 21.1. The molecule has 0 radical (unpaired) electrons. The van der Waals surface area contributed by atoms with Crippen LogP contribution in [0, 0.1) is 0 Å². The standard InChI is InChI=1S/C25H29ClN6O4/c1-35-21-13-8-17(14-22(21)36-2)25-28-30-32(29-25)16-24(34)31(20-11-9-18(26)10-12-20)15-23(33)27-19-6-4-3-5-7-19/h8-14,19H,3-7,15-16H2,1-2H3,(H,27,33). The number of benzene rings is 2. The number of aromatic nitrogens is 4. The fourth-order valence-electron chi connectivity index (χ4n) is 4.22. The van der Waals surface area contributed by atoms with E-state index in [1.54, 1.807) is 56.7 Å². The predicted molar refractivity (Wildman–Crippen MR) is 135 cm³/mol. The summed E-state index contributed by atoms with van der Waals surface area (Å²) in [5, 5.41) is 16.0. The van der Waals surface area contributed by atoms with Gasteiger partial charge in [-0.25, -0.2) is 0 Å². The van der Waals surface area contributed by atoms with E-state index < -0.39 is 0 Å². The molecule has 1 N–H and O–H groups in total. The summed E-state index contributed by atoms with van der Waals surface area (Å²) in [6.45, 7) is -0.312. The van der Waals surface area contributed by atoms with E-state index in [1.807, 2.05) is 0 Å². The highest BCUT2D eigenvalue weighted by Crippen LogP contribution is 2.30. The topological polar surface area (TPSA) is 111 Å². The summed E-state index contributed by atoms with van der Waals surface area (Å²) in [4.78, 5) is 28.7. The van der Waals surface area contributed by atoms with Crippen LogP contribution in [-0.2, 0) is 16.1 Å². The Morgan fingerprint density at radius 1 is 1.06 bits per heavy atom. The Balaban J connectivity index is 1.49. The average Bonchev–Trinajstić information content (AvgIpc) is 3.36. The number of ether oxygens (including phenoxy) is 2. The van der Waals surface area contributed by atoms with E-state index in [1.165, 1.54) is 16.1 Å². The minimum atomic E-state index is -0.354. The number of nitrogens with one attached hydrogen (secondary N) is 1. The van der Waals surface area contributed by atoms with Gasteiger partial charge in [0.1, 0.15) is 13.1 Å². The summed E-state index contributed by atoms with van der Waals surface area (Å²) in [5.41, 5.74) is 1.22. The first-order valence-electron chi connectivity index (χ1n) is 11.8. The monoisotopic (exact) mass is 512 g/mol. The fraction of sp³-hybridized carbons (Fsp3) is 0.400. The lowest BCUT2D eigenvalue weighted by Crippen LogP contribution is -2.45. The predicted octanol–water partition coefficient (Wildman–Crippen LogP) is 3.49. The largest absolute Gasteiger partial charge is 0.493 e. The summed E-state index contributed by atoms with van der Waals surface area (Å²) in [7, 11) is 3.10. The van der Waals surface area contributed by atoms with Gasteiger partial charge >= 0.3 is 0 Å². The molecular weight excluding hydrogens is 484 g/mol. The molecular formula is C25H29ClN6O4. The number of carbonyl (C=O) groups excluding carboxylic acids is 2. The van der Waals surface area contributed by atoms with E-state index in [9.17, 15) is 9.59 Å². The number of halogens is 1. The number of nitrogens with zero attached hydrogens (tertiary/aromatic N) is 5. The van der Waals surface area contributed by atoms with Crippen LogP contribution in [0.15, 0.2) is 42.5 Å². The number of hydrogen-bond donors (Lipinski definition) is 1. The molecule has 1 aliphatic rings. The minimum absolute atomic E-state index is 0.117. The van der Waals surface area contributed by atoms with Gasteiger partial charge in [0, 0.05) is 22.3 Å². The molecule has 4 rings (SSSR count). The van der Waals surface area contributed by atoms with Gasteiger partial charge in [0.25, 0.3) is 5.91 Å². The molecule has 1 saturated carbocycles. The third-order valence-corrected chi connectivity index (χ3v) is 6.33. The Morgan fingerprint density at radius 2 is 1.78 bits per heavy atom. The smallest absolute Gasteiger partial charge is 0.251 e. The van der Waals surface area contributed by atoms with Crippen molar-refractivity contribution in [2.24, 2.45) is 0 Å². The first-order valence-corrected chi connectivity index (χ1v) is 12.2. The second-order valence-electron chi connectivity index (χ2n) is 8.57. The number of carbonyl (C=O) groups is 2. The average molecular weight is 513 g/mol. The number of anilines is 1. The fourth-order valence-corrected chi connectivity index (χ4v) is 4.34. The molecule has 2 amide bonds. The lowest BCUT2D eigenvalue weighted by molar-refractivity contribution is -0.124. The van der Waals surface area contributed by atoms with E-state index in [0.29, 0.717) is 33.6 Å². The first-order chi connectivity index (χ1) is 17.5. The minimum Gasteiger partial charge on any atom is -0.493 e. The second-order valence-corrected chi connectivity index (χ2v) is 9.01. The lowest BCUT2D eigenvalue weighted by atomic mass is 9.95. The summed E-state index contributed by atoms with van der Waals surface area (Å²) >= 11 is 6.03. The van der Waals surface area contributed by atoms with Crippen molar-refractivity contribution in [2.45, 2.75) is 44.7 Å². The molecule has 0 unspecified atom stereocenters. The van der Waals surface area contributed by atoms with Crippen molar-refractivity contribution < 1.29 is 19.1 Å². The van der Waals surface area contributed by atoms with E-state index in [0.717, 1.165) is 25.7 Å². The summed E-state index contributed by atoms with van der Waals surface area (Å²) in [6.07, 6.45) is 5.32. The van der Waals surface area contributed by atoms with Gasteiger partial charge < -0.3 is 19.7 Å². The van der Waals surface area contributed by atoms with Crippen LogP contribution < -0.4 is 19.7 Å². The van der Waals surface area contributed by atoms with Gasteiger partial charge in [-0.15, -0.1) is 10.2 Å². The third-order valence-electron chi connectivity index (χ3n) is 6.08. The number of tetrazole rings is 1. The Morgan fingerprint density at radius 3 is 2.47 bits per heavy atom. The van der Waals surface area contributed by atoms with E-state index in [-0.39, 0.29) is 30.9 Å². The maximum absolute atomic E-state index is 13.3. The van der Waals surface area contributed by atoms with Gasteiger partial charge in [-0.1, -0.05) is 30.9 Å². The van der Waals surface area contributed by atoms with Crippen molar-refractivity contribution >= 4 is 29.1 Å². The van der Waals surface area contributed by atoms with Gasteiger partial charge in [0.05, 0.1) is 14.2 Å². The van der Waals surface area contributed by atoms with Crippen molar-refractivity contribution in [3.63, 3.8) is 0 Å². The van der Waals surface area contributed by atoms with Gasteiger partial charge in [0.15, 0.2) is 11.5 Å². The molecule has 2 aromatic carbocycles. The second kappa shape index (κ2) is 11.9. The molecule has 1 aliphatic carbocycles. The Bertz CT molecular complexity index is 1190. The SMILES string of the molecule is COc1ccc(-c2nnn(CC(=O)N(CC(=O)NC3CCCCC3)c3ccc(Cl)cc3)n2)cc1OC. The van der Waals surface area contributed by atoms with Crippen LogP contribution in [0.5, 0.6) is 11.5 Å². The molecule has 1 heterocycles. The molecule has 36 heavy (non-hydrogen) atoms. The molecule has 10 nitrogen and oxygen atoms in total. The number of amides is 2. The maximum Gasteiger partial charge on any atom is 0.251 e. The summed E-state index contributed by atoms with van der Waals surface area (Å²) in [5.74, 6) is 0.876. The van der Waals surface area contributed by atoms with Crippen LogP contribution >= 0.6 is 11.6 Å². The Labute approximate surface area is 214 Å². The van der Waals surface area contributed by atoms with E-state index >= 15 is 0 Å². The molecule has 1 aromatic heterocycles. The zero-order valence-electron chi connectivity index (χ0n) is 20.3. The Hall–Kier alpha value is -3.66. The molecule has 0 saturated heterocycles. The van der Waals surface area contributed by atoms with Gasteiger partial charge in [-0.2, -0.15) is 4.80 Å². The highest BCUT2D eigenvalue weighted by Gasteiger charge is 2.23. The molecule has 11 heteroatoms. The van der Waals surface area contributed by atoms with Gasteiger partial charge in [0.2, 0.25) is 11.7 Å². The van der Waals surface area contributed by atoms with Crippen LogP contribution in [0.2, 0.25) is 5.02 Å². The van der Waals surface area contributed by atoms with Crippen molar-refractivity contribution in [1.82, 2.24) is 25.5 Å². The first kappa shape index (κ1) is 25.4. The zero-order chi connectivity index (χ0) is 25.5. The van der Waals surface area contributed by atoms with Crippen LogP contribution in [0.25, 0.3) is 11.4 Å². The van der Waals surface area contributed by atoms with Crippen molar-refractivity contribution in [3.8, 4) is 22.9 Å². The molecule has 0 bridgehead atoms. The highest BCUT2D eigenvalue weighted by atomic mass is 35.5. The van der Waals surface area contributed by atoms with Crippen LogP contribution in [0.3, 0.4) is 0 Å². The number of methoxy groups -OCH3 is 2. The summed E-state index contributed by atoms with van der Waals surface area (Å²) < 4.78 is 10.6. The van der Waals surface area contributed by atoms with Crippen molar-refractivity contribution in [2.75, 3.05) is 25.7 Å². The molecule has 190 valence electrons. The van der Waals surface area contributed by atoms with E-state index in [2.05, 4.69) is 20.7 Å². The lowest BCUT2D eigenvalue weighted by Gasteiger charge is -2.26. The number of rotatable bonds is 9. The van der Waals surface area contributed by atoms with Crippen LogP contribution in [0.4, 0.5) is 5.69 Å². The quantitative estimate of drug-likeness (QED) is 0.467. The van der Waals surface area contributed by atoms with Crippen LogP contribution in [0.1, 0.15) is 32.1 Å². The van der Waals surface area contributed by atoms with Crippen molar-refractivity contribution in [1.29, 1.82) is 0 Å². The maximum atomic E-state index is 13.3. The van der Waals surface area contributed by atoms with Crippen LogP contribution in [-0.4, -0.2) is 58.8 Å². The van der Waals surface area contributed by atoms with Gasteiger partial charge in [-0.3, -0.25) is 9.59 Å². The third kappa shape index (κ3) is 6.31. The molecule has 0 spiro atoms. The molecule has 0 aliphatic heterocycles. The highest BCUT2D eigenvalue weighted by molar-refractivity contribution is 6.30. The van der Waals surface area contributed by atoms with Gasteiger partial charge in [-0.05, 0) is 60.5 Å². The summed E-state index contributed by atoms with van der Waals surface area (Å²) in [6, 6.07) is 12.2. The normalized spacial score (nSPS) is 13.8. The molecule has 1 fully saturated rings.